The number of anilines is 2. The van der Waals surface area contributed by atoms with Gasteiger partial charge in [0.15, 0.2) is 5.82 Å². The van der Waals surface area contributed by atoms with Gasteiger partial charge in [0.1, 0.15) is 17.3 Å². The fourth-order valence-electron chi connectivity index (χ4n) is 4.01. The summed E-state index contributed by atoms with van der Waals surface area (Å²) in [6.45, 7) is 2.22. The Bertz CT molecular complexity index is 1590. The van der Waals surface area contributed by atoms with Crippen molar-refractivity contribution in [2.75, 3.05) is 10.8 Å². The number of ether oxygens (including phenoxy) is 1. The van der Waals surface area contributed by atoms with E-state index in [1.54, 1.807) is 58.9 Å². The van der Waals surface area contributed by atoms with Crippen LogP contribution in [0.15, 0.2) is 102 Å². The van der Waals surface area contributed by atoms with Crippen LogP contribution in [-0.4, -0.2) is 29.8 Å². The first-order valence-electron chi connectivity index (χ1n) is 12.0. The van der Waals surface area contributed by atoms with Crippen molar-refractivity contribution in [3.8, 4) is 22.9 Å². The van der Waals surface area contributed by atoms with Crippen molar-refractivity contribution in [3.05, 3.63) is 114 Å². The lowest BCUT2D eigenvalue weighted by Gasteiger charge is -2.08. The Hall–Kier alpha value is -5.09. The number of rotatable bonds is 9. The van der Waals surface area contributed by atoms with Crippen LogP contribution >= 0.6 is 0 Å². The van der Waals surface area contributed by atoms with E-state index in [1.165, 1.54) is 4.57 Å². The summed E-state index contributed by atoms with van der Waals surface area (Å²) in [4.78, 5) is 29.6. The first kappa shape index (κ1) is 24.6. The van der Waals surface area contributed by atoms with Gasteiger partial charge >= 0.3 is 5.69 Å². The lowest BCUT2D eigenvalue weighted by Crippen LogP contribution is -2.21. The summed E-state index contributed by atoms with van der Waals surface area (Å²) in [5, 5.41) is 11.8. The summed E-state index contributed by atoms with van der Waals surface area (Å²) < 4.78 is 10.7. The van der Waals surface area contributed by atoms with Gasteiger partial charge in [0, 0.05) is 37.2 Å². The first-order valence-corrected chi connectivity index (χ1v) is 12.0. The second-order valence-corrected chi connectivity index (χ2v) is 8.55. The molecule has 0 saturated carbocycles. The monoisotopic (exact) mass is 510 g/mol. The van der Waals surface area contributed by atoms with Crippen LogP contribution in [0.2, 0.25) is 0 Å². The van der Waals surface area contributed by atoms with Crippen LogP contribution in [0.3, 0.4) is 0 Å². The molecule has 0 aliphatic carbocycles. The molecule has 5 aromatic rings. The molecule has 3 aromatic carbocycles. The van der Waals surface area contributed by atoms with Crippen molar-refractivity contribution in [1.29, 1.82) is 0 Å². The summed E-state index contributed by atoms with van der Waals surface area (Å²) in [6, 6.07) is 23.8. The number of carbonyl (C=O) groups excluding carboxylic acids is 1. The van der Waals surface area contributed by atoms with Gasteiger partial charge in [-0.1, -0.05) is 18.2 Å². The molecule has 0 spiro atoms. The molecule has 10 heteroatoms. The van der Waals surface area contributed by atoms with Gasteiger partial charge in [0.2, 0.25) is 5.91 Å². The predicted octanol–water partition coefficient (Wildman–Crippen LogP) is 4.76. The second-order valence-electron chi connectivity index (χ2n) is 8.55. The molecule has 3 N–H and O–H groups in total. The fraction of sp³-hybridized carbons (Fsp3) is 0.107. The molecule has 0 radical (unpaired) electrons. The molecule has 2 heterocycles. The van der Waals surface area contributed by atoms with Crippen molar-refractivity contribution >= 4 is 17.4 Å². The highest BCUT2D eigenvalue weighted by atomic mass is 16.5. The molecule has 0 aliphatic heterocycles. The summed E-state index contributed by atoms with van der Waals surface area (Å²) >= 11 is 0. The number of aryl methyl sites for hydroxylation is 2. The topological polar surface area (TPSA) is 115 Å². The zero-order valence-electron chi connectivity index (χ0n) is 20.6. The Kier molecular flexibility index (Phi) is 7.05. The summed E-state index contributed by atoms with van der Waals surface area (Å²) in [5.74, 6) is 2.28. The average molecular weight is 511 g/mol. The Morgan fingerprint density at radius 1 is 0.895 bits per heavy atom. The van der Waals surface area contributed by atoms with Gasteiger partial charge in [-0.15, -0.1) is 0 Å². The molecule has 1 amide bonds. The molecule has 10 nitrogen and oxygen atoms in total. The van der Waals surface area contributed by atoms with Gasteiger partial charge in [-0.2, -0.15) is 0 Å². The normalized spacial score (nSPS) is 10.8. The van der Waals surface area contributed by atoms with Gasteiger partial charge in [-0.05, 0) is 67.6 Å². The van der Waals surface area contributed by atoms with Crippen LogP contribution in [0.25, 0.3) is 11.4 Å². The van der Waals surface area contributed by atoms with Crippen molar-refractivity contribution in [2.45, 2.75) is 19.9 Å². The molecule has 0 unspecified atom stereocenters. The van der Waals surface area contributed by atoms with E-state index in [1.807, 2.05) is 60.1 Å². The molecule has 0 bridgehead atoms. The van der Waals surface area contributed by atoms with E-state index < -0.39 is 0 Å². The van der Waals surface area contributed by atoms with Gasteiger partial charge in [0.05, 0.1) is 11.4 Å². The molecule has 0 fully saturated rings. The molecular formula is C28H26N6O4. The van der Waals surface area contributed by atoms with E-state index in [-0.39, 0.29) is 18.0 Å². The Balaban J connectivity index is 1.22. The molecule has 5 rings (SSSR count). The van der Waals surface area contributed by atoms with Gasteiger partial charge in [-0.3, -0.25) is 24.6 Å². The maximum absolute atomic E-state index is 13.1. The zero-order chi connectivity index (χ0) is 26.5. The lowest BCUT2D eigenvalue weighted by molar-refractivity contribution is -0.116. The van der Waals surface area contributed by atoms with Gasteiger partial charge in [0.25, 0.3) is 0 Å². The molecule has 0 aliphatic rings. The highest BCUT2D eigenvalue weighted by Crippen LogP contribution is 2.22. The fourth-order valence-corrected chi connectivity index (χ4v) is 4.01. The first-order chi connectivity index (χ1) is 18.5. The van der Waals surface area contributed by atoms with Crippen LogP contribution < -0.4 is 21.2 Å². The second kappa shape index (κ2) is 10.9. The maximum Gasteiger partial charge on any atom is 0.337 e. The average Bonchev–Trinajstić information content (AvgIpc) is 3.50. The number of amides is 1. The van der Waals surface area contributed by atoms with Crippen LogP contribution in [0.5, 0.6) is 11.5 Å². The van der Waals surface area contributed by atoms with Crippen molar-refractivity contribution in [3.63, 3.8) is 0 Å². The van der Waals surface area contributed by atoms with Crippen LogP contribution in [0.4, 0.5) is 11.5 Å². The van der Waals surface area contributed by atoms with Crippen LogP contribution in [0, 0.1) is 6.92 Å². The zero-order valence-corrected chi connectivity index (χ0v) is 20.6. The van der Waals surface area contributed by atoms with Gasteiger partial charge in [-0.25, -0.2) is 9.78 Å². The van der Waals surface area contributed by atoms with Crippen LogP contribution in [-0.2, 0) is 11.3 Å². The molecule has 2 aromatic heterocycles. The van der Waals surface area contributed by atoms with Crippen LogP contribution in [0.1, 0.15) is 12.2 Å². The quantitative estimate of drug-likeness (QED) is 0.247. The van der Waals surface area contributed by atoms with Crippen molar-refractivity contribution in [2.24, 2.45) is 0 Å². The number of benzene rings is 3. The largest absolute Gasteiger partial charge is 0.457 e. The van der Waals surface area contributed by atoms with E-state index in [4.69, 9.17) is 9.94 Å². The van der Waals surface area contributed by atoms with E-state index >= 15 is 0 Å². The Morgan fingerprint density at radius 3 is 2.11 bits per heavy atom. The number of hydrogen-bond acceptors (Lipinski definition) is 6. The molecule has 192 valence electrons. The number of nitrogens with one attached hydrogen (secondary N) is 2. The number of hydrogen-bond donors (Lipinski definition) is 3. The molecule has 0 atom stereocenters. The SMILES string of the molecule is Cc1nc(NO)cn1CCC(=O)Nc1ccc(-n2ccn(-c3ccc(Oc4ccccc4)cc3)c2=O)cc1. The Labute approximate surface area is 218 Å². The van der Waals surface area contributed by atoms with Crippen molar-refractivity contribution < 1.29 is 14.7 Å². The van der Waals surface area contributed by atoms with E-state index in [2.05, 4.69) is 10.3 Å². The third-order valence-corrected chi connectivity index (χ3v) is 5.97. The summed E-state index contributed by atoms with van der Waals surface area (Å²) in [5.41, 5.74) is 3.80. The number of carbonyl (C=O) groups is 1. The standard InChI is InChI=1S/C28H26N6O4/c1-20-29-26(31-37)19-32(20)16-15-27(35)30-21-7-9-22(10-8-21)33-17-18-34(28(33)36)23-11-13-25(14-12-23)38-24-5-3-2-4-6-24/h2-14,17-19,31,37H,15-16H2,1H3,(H,30,35). The minimum atomic E-state index is -0.217. The predicted molar refractivity (Wildman–Crippen MR) is 144 cm³/mol. The summed E-state index contributed by atoms with van der Waals surface area (Å²) in [6.07, 6.45) is 5.28. The van der Waals surface area contributed by atoms with Gasteiger partial charge < -0.3 is 14.6 Å². The number of imidazole rings is 2. The van der Waals surface area contributed by atoms with Crippen molar-refractivity contribution in [1.82, 2.24) is 18.7 Å². The lowest BCUT2D eigenvalue weighted by atomic mass is 10.2. The third-order valence-electron chi connectivity index (χ3n) is 5.97. The van der Waals surface area contributed by atoms with E-state index in [0.29, 0.717) is 41.0 Å². The van der Waals surface area contributed by atoms with E-state index in [9.17, 15) is 9.59 Å². The smallest absolute Gasteiger partial charge is 0.337 e. The molecule has 38 heavy (non-hydrogen) atoms. The third kappa shape index (κ3) is 5.50. The number of para-hydroxylation sites is 1. The summed E-state index contributed by atoms with van der Waals surface area (Å²) in [7, 11) is 0. The van der Waals surface area contributed by atoms with E-state index in [0.717, 1.165) is 5.75 Å². The maximum atomic E-state index is 13.1. The molecule has 0 saturated heterocycles. The molecular weight excluding hydrogens is 484 g/mol. The number of nitrogens with zero attached hydrogens (tertiary/aromatic N) is 4. The highest BCUT2D eigenvalue weighted by Gasteiger charge is 2.10. The Morgan fingerprint density at radius 2 is 1.50 bits per heavy atom. The minimum absolute atomic E-state index is 0.160. The minimum Gasteiger partial charge on any atom is -0.457 e. The highest BCUT2D eigenvalue weighted by molar-refractivity contribution is 5.90. The number of aromatic nitrogens is 4.